The van der Waals surface area contributed by atoms with Crippen LogP contribution in [0.25, 0.3) is 6.08 Å². The molecule has 0 aliphatic heterocycles. The Bertz CT molecular complexity index is 430. The van der Waals surface area contributed by atoms with Crippen LogP contribution in [0.1, 0.15) is 35.7 Å². The van der Waals surface area contributed by atoms with Crippen molar-refractivity contribution in [1.82, 2.24) is 0 Å². The van der Waals surface area contributed by atoms with Gasteiger partial charge in [0.1, 0.15) is 17.1 Å². The second-order valence-electron chi connectivity index (χ2n) is 4.19. The molecule has 1 aromatic rings. The van der Waals surface area contributed by atoms with Crippen LogP contribution in [-0.2, 0) is 4.74 Å². The van der Waals surface area contributed by atoms with Crippen LogP contribution >= 0.6 is 0 Å². The number of hydrogen-bond acceptors (Lipinski definition) is 4. The first-order valence-electron chi connectivity index (χ1n) is 5.58. The van der Waals surface area contributed by atoms with Crippen LogP contribution in [0, 0.1) is 12.8 Å². The summed E-state index contributed by atoms with van der Waals surface area (Å²) in [6, 6.07) is 1.68. The lowest BCUT2D eigenvalue weighted by atomic mass is 10.0. The zero-order valence-corrected chi connectivity index (χ0v) is 10.7. The van der Waals surface area contributed by atoms with Gasteiger partial charge >= 0.3 is 5.97 Å². The highest BCUT2D eigenvalue weighted by Crippen LogP contribution is 2.20. The Morgan fingerprint density at radius 1 is 1.59 bits per heavy atom. The van der Waals surface area contributed by atoms with Gasteiger partial charge in [0.05, 0.1) is 7.11 Å². The van der Waals surface area contributed by atoms with Crippen LogP contribution in [0.4, 0.5) is 0 Å². The highest BCUT2D eigenvalue weighted by molar-refractivity contribution is 5.91. The zero-order valence-electron chi connectivity index (χ0n) is 10.7. The van der Waals surface area contributed by atoms with Crippen molar-refractivity contribution in [3.05, 3.63) is 28.7 Å². The smallest absolute Gasteiger partial charge is 0.341 e. The summed E-state index contributed by atoms with van der Waals surface area (Å²) in [5.74, 6) is 1.16. The molecule has 0 saturated carbocycles. The van der Waals surface area contributed by atoms with Crippen molar-refractivity contribution in [2.75, 3.05) is 13.7 Å². The predicted octanol–water partition coefficient (Wildman–Crippen LogP) is 2.37. The monoisotopic (exact) mass is 237 g/mol. The van der Waals surface area contributed by atoms with Crippen LogP contribution in [0.3, 0.4) is 0 Å². The van der Waals surface area contributed by atoms with Gasteiger partial charge in [-0.1, -0.05) is 19.4 Å². The molecular formula is C13H19NO3. The fourth-order valence-corrected chi connectivity index (χ4v) is 1.53. The lowest BCUT2D eigenvalue weighted by Crippen LogP contribution is -2.07. The van der Waals surface area contributed by atoms with Gasteiger partial charge in [-0.05, 0) is 25.0 Å². The van der Waals surface area contributed by atoms with E-state index < -0.39 is 0 Å². The molecule has 94 valence electrons. The van der Waals surface area contributed by atoms with Crippen molar-refractivity contribution in [1.29, 1.82) is 0 Å². The van der Waals surface area contributed by atoms with Crippen molar-refractivity contribution in [3.8, 4) is 0 Å². The van der Waals surface area contributed by atoms with E-state index in [1.165, 1.54) is 7.11 Å². The number of hydrogen-bond donors (Lipinski definition) is 1. The number of carbonyl (C=O) groups excluding carboxylic acids is 1. The Kier molecular flexibility index (Phi) is 4.52. The number of rotatable bonds is 4. The largest absolute Gasteiger partial charge is 0.465 e. The van der Waals surface area contributed by atoms with Gasteiger partial charge in [-0.15, -0.1) is 0 Å². The molecule has 0 atom stereocenters. The molecule has 2 N–H and O–H groups in total. The summed E-state index contributed by atoms with van der Waals surface area (Å²) < 4.78 is 10.2. The summed E-state index contributed by atoms with van der Waals surface area (Å²) in [4.78, 5) is 11.4. The summed E-state index contributed by atoms with van der Waals surface area (Å²) in [7, 11) is 1.35. The first-order chi connectivity index (χ1) is 7.99. The molecule has 1 aromatic heterocycles. The van der Waals surface area contributed by atoms with Gasteiger partial charge in [0.25, 0.3) is 0 Å². The van der Waals surface area contributed by atoms with Crippen LogP contribution in [-0.4, -0.2) is 19.6 Å². The molecule has 0 aromatic carbocycles. The second-order valence-corrected chi connectivity index (χ2v) is 4.19. The van der Waals surface area contributed by atoms with E-state index in [2.05, 4.69) is 18.6 Å². The Labute approximate surface area is 101 Å². The Balaban J connectivity index is 3.05. The molecule has 1 heterocycles. The topological polar surface area (TPSA) is 65.5 Å². The number of aryl methyl sites for hydroxylation is 1. The van der Waals surface area contributed by atoms with E-state index in [1.54, 1.807) is 13.0 Å². The molecule has 1 rings (SSSR count). The maximum absolute atomic E-state index is 11.4. The van der Waals surface area contributed by atoms with Crippen molar-refractivity contribution < 1.29 is 13.9 Å². The van der Waals surface area contributed by atoms with Crippen LogP contribution in [0.2, 0.25) is 0 Å². The third-order valence-electron chi connectivity index (χ3n) is 2.65. The maximum Gasteiger partial charge on any atom is 0.341 e. The van der Waals surface area contributed by atoms with Gasteiger partial charge in [0.2, 0.25) is 0 Å². The lowest BCUT2D eigenvalue weighted by Gasteiger charge is -2.06. The number of nitrogens with two attached hydrogens (primary N) is 1. The van der Waals surface area contributed by atoms with Gasteiger partial charge in [-0.25, -0.2) is 4.79 Å². The van der Waals surface area contributed by atoms with E-state index in [0.717, 1.165) is 5.57 Å². The quantitative estimate of drug-likeness (QED) is 0.816. The average molecular weight is 237 g/mol. The van der Waals surface area contributed by atoms with Crippen molar-refractivity contribution in [3.63, 3.8) is 0 Å². The minimum atomic E-state index is -0.384. The highest BCUT2D eigenvalue weighted by atomic mass is 16.5. The van der Waals surface area contributed by atoms with Gasteiger partial charge in [0, 0.05) is 6.54 Å². The average Bonchev–Trinajstić information content (AvgIpc) is 2.65. The fraction of sp³-hybridized carbons (Fsp3) is 0.462. The van der Waals surface area contributed by atoms with Crippen LogP contribution < -0.4 is 5.73 Å². The fourth-order valence-electron chi connectivity index (χ4n) is 1.53. The summed E-state index contributed by atoms with van der Waals surface area (Å²) in [5.41, 5.74) is 7.19. The van der Waals surface area contributed by atoms with Gasteiger partial charge in [-0.3, -0.25) is 0 Å². The highest BCUT2D eigenvalue weighted by Gasteiger charge is 2.14. The Morgan fingerprint density at radius 3 is 2.71 bits per heavy atom. The Hall–Kier alpha value is -1.55. The van der Waals surface area contributed by atoms with E-state index in [1.807, 2.05) is 6.08 Å². The molecule has 0 radical (unpaired) electrons. The van der Waals surface area contributed by atoms with E-state index in [-0.39, 0.29) is 5.97 Å². The van der Waals surface area contributed by atoms with Gasteiger partial charge in [-0.2, -0.15) is 0 Å². The first-order valence-corrected chi connectivity index (χ1v) is 5.58. The molecule has 0 saturated heterocycles. The maximum atomic E-state index is 11.4. The first kappa shape index (κ1) is 13.5. The molecule has 0 aliphatic rings. The molecule has 0 unspecified atom stereocenters. The number of carbonyl (C=O) groups is 1. The number of furan rings is 1. The number of esters is 1. The number of methoxy groups -OCH3 is 1. The van der Waals surface area contributed by atoms with Crippen LogP contribution in [0.5, 0.6) is 0 Å². The SMILES string of the molecule is COC(=O)c1cc(C=C(CN)C(C)C)oc1C. The molecule has 17 heavy (non-hydrogen) atoms. The standard InChI is InChI=1S/C13H19NO3/c1-8(2)10(7-14)5-11-6-12(9(3)17-11)13(15)16-4/h5-6,8H,7,14H2,1-4H3. The summed E-state index contributed by atoms with van der Waals surface area (Å²) in [6.45, 7) is 6.34. The molecule has 0 spiro atoms. The molecule has 0 aliphatic carbocycles. The number of ether oxygens (including phenoxy) is 1. The second kappa shape index (κ2) is 5.68. The molecule has 0 fully saturated rings. The van der Waals surface area contributed by atoms with Crippen LogP contribution in [0.15, 0.2) is 16.1 Å². The lowest BCUT2D eigenvalue weighted by molar-refractivity contribution is 0.0599. The molecule has 0 amide bonds. The molecular weight excluding hydrogens is 218 g/mol. The summed E-state index contributed by atoms with van der Waals surface area (Å²) >= 11 is 0. The molecule has 4 heteroatoms. The van der Waals surface area contributed by atoms with E-state index in [9.17, 15) is 4.79 Å². The third-order valence-corrected chi connectivity index (χ3v) is 2.65. The van der Waals surface area contributed by atoms with E-state index >= 15 is 0 Å². The minimum absolute atomic E-state index is 0.354. The molecule has 4 nitrogen and oxygen atoms in total. The minimum Gasteiger partial charge on any atom is -0.465 e. The van der Waals surface area contributed by atoms with Crippen molar-refractivity contribution >= 4 is 12.0 Å². The predicted molar refractivity (Wildman–Crippen MR) is 66.7 cm³/mol. The van der Waals surface area contributed by atoms with Gasteiger partial charge in [0.15, 0.2) is 0 Å². The normalized spacial score (nSPS) is 12.0. The summed E-state index contributed by atoms with van der Waals surface area (Å²) in [6.07, 6.45) is 1.88. The van der Waals surface area contributed by atoms with Gasteiger partial charge < -0.3 is 14.9 Å². The summed E-state index contributed by atoms with van der Waals surface area (Å²) in [5, 5.41) is 0. The van der Waals surface area contributed by atoms with Crippen molar-refractivity contribution in [2.45, 2.75) is 20.8 Å². The zero-order chi connectivity index (χ0) is 13.0. The third kappa shape index (κ3) is 3.20. The van der Waals surface area contributed by atoms with E-state index in [0.29, 0.717) is 29.5 Å². The Morgan fingerprint density at radius 2 is 2.24 bits per heavy atom. The van der Waals surface area contributed by atoms with E-state index in [4.69, 9.17) is 10.2 Å². The molecule has 0 bridgehead atoms. The van der Waals surface area contributed by atoms with Crippen molar-refractivity contribution in [2.24, 2.45) is 11.7 Å².